The number of halogens is 1. The monoisotopic (exact) mass is 245 g/mol. The Morgan fingerprint density at radius 3 is 2.75 bits per heavy atom. The molecular weight excluding hydrogens is 238 g/mol. The van der Waals surface area contributed by atoms with Crippen LogP contribution >= 0.6 is 11.6 Å². The van der Waals surface area contributed by atoms with Crippen molar-refractivity contribution in [2.24, 2.45) is 0 Å². The van der Waals surface area contributed by atoms with Gasteiger partial charge < -0.3 is 9.84 Å². The number of nitro benzene ring substituents is 1. The Balaban J connectivity index is 3.24. The summed E-state index contributed by atoms with van der Waals surface area (Å²) in [5.41, 5.74) is -0.702. The molecule has 0 aliphatic carbocycles. The van der Waals surface area contributed by atoms with Crippen molar-refractivity contribution in [1.82, 2.24) is 0 Å². The number of phenols is 1. The molecule has 0 heterocycles. The van der Waals surface area contributed by atoms with E-state index in [9.17, 15) is 20.0 Å². The lowest BCUT2D eigenvalue weighted by molar-refractivity contribution is -0.385. The van der Waals surface area contributed by atoms with Crippen LogP contribution in [-0.4, -0.2) is 22.6 Å². The average molecular weight is 246 g/mol. The molecule has 0 aromatic heterocycles. The number of nitrogens with zero attached hydrogens (tertiary/aromatic N) is 1. The number of nitro groups is 1. The molecule has 1 rings (SSSR count). The maximum Gasteiger partial charge on any atom is 0.338 e. The molecule has 0 radical (unpaired) electrons. The lowest BCUT2D eigenvalue weighted by atomic mass is 10.2. The maximum atomic E-state index is 11.3. The first-order valence-corrected chi connectivity index (χ1v) is 4.69. The number of rotatable bonds is 3. The molecule has 7 heteroatoms. The number of hydrogen-bond donors (Lipinski definition) is 1. The smallest absolute Gasteiger partial charge is 0.338 e. The highest BCUT2D eigenvalue weighted by molar-refractivity contribution is 6.32. The Morgan fingerprint density at radius 1 is 1.62 bits per heavy atom. The summed E-state index contributed by atoms with van der Waals surface area (Å²) >= 11 is 5.55. The summed E-state index contributed by atoms with van der Waals surface area (Å²) in [6, 6.07) is 2.03. The van der Waals surface area contributed by atoms with Gasteiger partial charge in [-0.3, -0.25) is 10.1 Å². The molecule has 0 fully saturated rings. The Labute approximate surface area is 95.6 Å². The number of hydrogen-bond acceptors (Lipinski definition) is 5. The zero-order valence-electron chi connectivity index (χ0n) is 8.27. The fourth-order valence-electron chi connectivity index (χ4n) is 1.06. The summed E-state index contributed by atoms with van der Waals surface area (Å²) in [5.74, 6) is -1.40. The number of esters is 1. The van der Waals surface area contributed by atoms with E-state index in [1.807, 2.05) is 0 Å². The van der Waals surface area contributed by atoms with Crippen LogP contribution in [0.5, 0.6) is 5.75 Å². The molecule has 0 aliphatic rings. The minimum atomic E-state index is -0.829. The molecule has 1 aromatic carbocycles. The Kier molecular flexibility index (Phi) is 3.68. The van der Waals surface area contributed by atoms with Gasteiger partial charge in [0, 0.05) is 6.07 Å². The van der Waals surface area contributed by atoms with Crippen molar-refractivity contribution in [3.63, 3.8) is 0 Å². The normalized spacial score (nSPS) is 9.88. The van der Waals surface area contributed by atoms with Crippen molar-refractivity contribution < 1.29 is 19.6 Å². The van der Waals surface area contributed by atoms with Crippen LogP contribution in [0.25, 0.3) is 0 Å². The quantitative estimate of drug-likeness (QED) is 0.500. The van der Waals surface area contributed by atoms with Crippen molar-refractivity contribution in [3.05, 3.63) is 32.8 Å². The maximum absolute atomic E-state index is 11.3. The average Bonchev–Trinajstić information content (AvgIpc) is 2.21. The second-order valence-corrected chi connectivity index (χ2v) is 3.21. The Morgan fingerprint density at radius 2 is 2.25 bits per heavy atom. The van der Waals surface area contributed by atoms with E-state index < -0.39 is 22.3 Å². The van der Waals surface area contributed by atoms with Crippen molar-refractivity contribution in [3.8, 4) is 5.75 Å². The van der Waals surface area contributed by atoms with Crippen LogP contribution in [0.3, 0.4) is 0 Å². The standard InChI is InChI=1S/C9H8ClNO5/c1-2-16-9(13)5-3-6(10)8(12)7(4-5)11(14)15/h3-4,12H,2H2,1H3. The van der Waals surface area contributed by atoms with E-state index in [1.165, 1.54) is 0 Å². The van der Waals surface area contributed by atoms with E-state index in [4.69, 9.17) is 11.6 Å². The SMILES string of the molecule is CCOC(=O)c1cc(Cl)c(O)c([N+](=O)[O-])c1. The van der Waals surface area contributed by atoms with Crippen LogP contribution in [0.15, 0.2) is 12.1 Å². The third kappa shape index (κ3) is 2.40. The molecule has 86 valence electrons. The summed E-state index contributed by atoms with van der Waals surface area (Å²) in [4.78, 5) is 21.0. The first kappa shape index (κ1) is 12.3. The predicted molar refractivity (Wildman–Crippen MR) is 55.7 cm³/mol. The van der Waals surface area contributed by atoms with Gasteiger partial charge in [0.2, 0.25) is 5.75 Å². The van der Waals surface area contributed by atoms with Gasteiger partial charge in [-0.2, -0.15) is 0 Å². The zero-order valence-corrected chi connectivity index (χ0v) is 9.02. The number of phenolic OH excluding ortho intramolecular Hbond substituents is 1. The van der Waals surface area contributed by atoms with Crippen molar-refractivity contribution in [2.45, 2.75) is 6.92 Å². The van der Waals surface area contributed by atoms with Gasteiger partial charge in [0.15, 0.2) is 0 Å². The highest BCUT2D eigenvalue weighted by atomic mass is 35.5. The van der Waals surface area contributed by atoms with Crippen LogP contribution in [-0.2, 0) is 4.74 Å². The summed E-state index contributed by atoms with van der Waals surface area (Å²) < 4.78 is 4.66. The molecule has 0 saturated carbocycles. The van der Waals surface area contributed by atoms with Gasteiger partial charge in [0.25, 0.3) is 0 Å². The van der Waals surface area contributed by atoms with E-state index in [0.717, 1.165) is 12.1 Å². The van der Waals surface area contributed by atoms with Gasteiger partial charge in [-0.25, -0.2) is 4.79 Å². The minimum Gasteiger partial charge on any atom is -0.501 e. The van der Waals surface area contributed by atoms with E-state index in [-0.39, 0.29) is 17.2 Å². The molecule has 1 N–H and O–H groups in total. The van der Waals surface area contributed by atoms with E-state index >= 15 is 0 Å². The van der Waals surface area contributed by atoms with Gasteiger partial charge in [-0.1, -0.05) is 11.6 Å². The molecule has 16 heavy (non-hydrogen) atoms. The number of carbonyl (C=O) groups excluding carboxylic acids is 1. The molecule has 1 aromatic rings. The van der Waals surface area contributed by atoms with E-state index in [1.54, 1.807) is 6.92 Å². The number of carbonyl (C=O) groups is 1. The second-order valence-electron chi connectivity index (χ2n) is 2.80. The van der Waals surface area contributed by atoms with Gasteiger partial charge in [0.1, 0.15) is 0 Å². The lowest BCUT2D eigenvalue weighted by Crippen LogP contribution is -2.05. The summed E-state index contributed by atoms with van der Waals surface area (Å²) in [6.45, 7) is 1.75. The zero-order chi connectivity index (χ0) is 12.3. The minimum absolute atomic E-state index is 0.0728. The first-order valence-electron chi connectivity index (χ1n) is 4.31. The van der Waals surface area contributed by atoms with Crippen molar-refractivity contribution in [1.29, 1.82) is 0 Å². The summed E-state index contributed by atoms with van der Waals surface area (Å²) in [5, 5.41) is 19.6. The Bertz CT molecular complexity index is 446. The van der Waals surface area contributed by atoms with Gasteiger partial charge in [-0.05, 0) is 13.0 Å². The van der Waals surface area contributed by atoms with E-state index in [2.05, 4.69) is 4.74 Å². The molecule has 0 atom stereocenters. The van der Waals surface area contributed by atoms with Gasteiger partial charge in [-0.15, -0.1) is 0 Å². The predicted octanol–water partition coefficient (Wildman–Crippen LogP) is 2.13. The van der Waals surface area contributed by atoms with Crippen LogP contribution < -0.4 is 0 Å². The summed E-state index contributed by atoms with van der Waals surface area (Å²) in [7, 11) is 0. The largest absolute Gasteiger partial charge is 0.501 e. The van der Waals surface area contributed by atoms with Gasteiger partial charge >= 0.3 is 11.7 Å². The lowest BCUT2D eigenvalue weighted by Gasteiger charge is -2.04. The topological polar surface area (TPSA) is 89.7 Å². The molecular formula is C9H8ClNO5. The second kappa shape index (κ2) is 4.80. The fraction of sp³-hybridized carbons (Fsp3) is 0.222. The fourth-order valence-corrected chi connectivity index (χ4v) is 1.27. The summed E-state index contributed by atoms with van der Waals surface area (Å²) in [6.07, 6.45) is 0. The molecule has 0 spiro atoms. The highest BCUT2D eigenvalue weighted by Crippen LogP contribution is 2.34. The molecule has 0 unspecified atom stereocenters. The van der Waals surface area contributed by atoms with Crippen molar-refractivity contribution >= 4 is 23.3 Å². The molecule has 6 nitrogen and oxygen atoms in total. The van der Waals surface area contributed by atoms with E-state index in [0.29, 0.717) is 0 Å². The van der Waals surface area contributed by atoms with Crippen molar-refractivity contribution in [2.75, 3.05) is 6.61 Å². The molecule has 0 amide bonds. The van der Waals surface area contributed by atoms with Crippen LogP contribution in [0.4, 0.5) is 5.69 Å². The first-order chi connectivity index (χ1) is 7.47. The van der Waals surface area contributed by atoms with Gasteiger partial charge in [0.05, 0.1) is 22.1 Å². The molecule has 0 bridgehead atoms. The third-order valence-corrected chi connectivity index (χ3v) is 2.04. The number of benzene rings is 1. The molecule has 0 saturated heterocycles. The van der Waals surface area contributed by atoms with Crippen LogP contribution in [0.2, 0.25) is 5.02 Å². The number of ether oxygens (including phenoxy) is 1. The highest BCUT2D eigenvalue weighted by Gasteiger charge is 2.21. The molecule has 0 aliphatic heterocycles. The Hall–Kier alpha value is -1.82. The van der Waals surface area contributed by atoms with Crippen LogP contribution in [0, 0.1) is 10.1 Å². The third-order valence-electron chi connectivity index (χ3n) is 1.75. The number of aromatic hydroxyl groups is 1. The van der Waals surface area contributed by atoms with Crippen LogP contribution in [0.1, 0.15) is 17.3 Å².